The monoisotopic (exact) mass is 320 g/mol. The molecule has 0 aliphatic rings. The lowest BCUT2D eigenvalue weighted by atomic mass is 10.2. The number of nitrogens with one attached hydrogen (secondary N) is 3. The molecule has 4 aromatic rings. The first-order valence-corrected chi connectivity index (χ1v) is 7.73. The van der Waals surface area contributed by atoms with E-state index in [0.717, 1.165) is 22.4 Å². The van der Waals surface area contributed by atoms with E-state index >= 15 is 0 Å². The lowest BCUT2D eigenvalue weighted by Gasteiger charge is -2.03. The SMILES string of the molecule is Cc1ccc2nc(CCNC(=O)c3ccc4n[nH]nc4c3)[nH]c2c1. The van der Waals surface area contributed by atoms with E-state index in [-0.39, 0.29) is 5.91 Å². The molecule has 0 fully saturated rings. The number of carbonyl (C=O) groups excluding carboxylic acids is 1. The number of hydrogen-bond donors (Lipinski definition) is 3. The van der Waals surface area contributed by atoms with Gasteiger partial charge in [-0.25, -0.2) is 4.98 Å². The Morgan fingerprint density at radius 1 is 1.08 bits per heavy atom. The second kappa shape index (κ2) is 5.77. The fourth-order valence-corrected chi connectivity index (χ4v) is 2.67. The third-order valence-electron chi connectivity index (χ3n) is 3.91. The van der Waals surface area contributed by atoms with E-state index in [9.17, 15) is 4.79 Å². The molecule has 0 radical (unpaired) electrons. The van der Waals surface area contributed by atoms with E-state index in [1.165, 1.54) is 5.56 Å². The van der Waals surface area contributed by atoms with E-state index < -0.39 is 0 Å². The summed E-state index contributed by atoms with van der Waals surface area (Å²) in [5.74, 6) is 0.731. The number of imidazole rings is 1. The number of fused-ring (bicyclic) bond motifs is 2. The average Bonchev–Trinajstić information content (AvgIpc) is 3.19. The number of aryl methyl sites for hydroxylation is 1. The summed E-state index contributed by atoms with van der Waals surface area (Å²) in [7, 11) is 0. The molecule has 7 heteroatoms. The molecular weight excluding hydrogens is 304 g/mol. The van der Waals surface area contributed by atoms with Crippen LogP contribution in [0.25, 0.3) is 22.1 Å². The van der Waals surface area contributed by atoms with Gasteiger partial charge in [-0.15, -0.1) is 0 Å². The quantitative estimate of drug-likeness (QED) is 0.536. The molecule has 0 spiro atoms. The van der Waals surface area contributed by atoms with Gasteiger partial charge < -0.3 is 10.3 Å². The van der Waals surface area contributed by atoms with Gasteiger partial charge in [0.2, 0.25) is 0 Å². The van der Waals surface area contributed by atoms with Crippen molar-refractivity contribution in [2.45, 2.75) is 13.3 Å². The van der Waals surface area contributed by atoms with Gasteiger partial charge in [0.05, 0.1) is 11.0 Å². The van der Waals surface area contributed by atoms with Crippen LogP contribution in [0.4, 0.5) is 0 Å². The summed E-state index contributed by atoms with van der Waals surface area (Å²) in [5.41, 5.74) is 5.14. The summed E-state index contributed by atoms with van der Waals surface area (Å²) in [6.45, 7) is 2.56. The van der Waals surface area contributed by atoms with Gasteiger partial charge in [-0.2, -0.15) is 15.4 Å². The molecular formula is C17H16N6O. The van der Waals surface area contributed by atoms with Gasteiger partial charge in [-0.1, -0.05) is 6.07 Å². The highest BCUT2D eigenvalue weighted by Crippen LogP contribution is 2.13. The number of H-pyrrole nitrogens is 2. The van der Waals surface area contributed by atoms with Crippen molar-refractivity contribution in [2.75, 3.05) is 6.54 Å². The largest absolute Gasteiger partial charge is 0.352 e. The standard InChI is InChI=1S/C17H16N6O/c1-10-2-4-12-14(8-10)20-16(19-12)6-7-18-17(24)11-3-5-13-15(9-11)22-23-21-13/h2-5,8-9H,6-7H2,1H3,(H,18,24)(H,19,20)(H,21,22,23). The van der Waals surface area contributed by atoms with Crippen LogP contribution in [0.5, 0.6) is 0 Å². The van der Waals surface area contributed by atoms with Crippen LogP contribution in [-0.2, 0) is 6.42 Å². The lowest BCUT2D eigenvalue weighted by molar-refractivity contribution is 0.0954. The van der Waals surface area contributed by atoms with Gasteiger partial charge in [-0.05, 0) is 42.8 Å². The Morgan fingerprint density at radius 3 is 2.83 bits per heavy atom. The molecule has 3 N–H and O–H groups in total. The number of benzene rings is 2. The predicted octanol–water partition coefficient (Wildman–Crippen LogP) is 2.12. The Balaban J connectivity index is 1.41. The van der Waals surface area contributed by atoms with Crippen LogP contribution in [0.3, 0.4) is 0 Å². The molecule has 7 nitrogen and oxygen atoms in total. The maximum absolute atomic E-state index is 12.2. The Morgan fingerprint density at radius 2 is 1.92 bits per heavy atom. The summed E-state index contributed by atoms with van der Waals surface area (Å²) in [6.07, 6.45) is 0.645. The highest BCUT2D eigenvalue weighted by Gasteiger charge is 2.08. The molecule has 0 aliphatic heterocycles. The first-order valence-electron chi connectivity index (χ1n) is 7.73. The van der Waals surface area contributed by atoms with Crippen molar-refractivity contribution in [2.24, 2.45) is 0 Å². The molecule has 4 rings (SSSR count). The van der Waals surface area contributed by atoms with Gasteiger partial charge in [0.1, 0.15) is 16.9 Å². The first kappa shape index (κ1) is 14.4. The van der Waals surface area contributed by atoms with Gasteiger partial charge in [0, 0.05) is 18.5 Å². The molecule has 120 valence electrons. The number of rotatable bonds is 4. The Hall–Kier alpha value is -3.22. The van der Waals surface area contributed by atoms with Crippen LogP contribution in [0.15, 0.2) is 36.4 Å². The van der Waals surface area contributed by atoms with E-state index in [2.05, 4.69) is 36.8 Å². The lowest BCUT2D eigenvalue weighted by Crippen LogP contribution is -2.25. The third-order valence-corrected chi connectivity index (χ3v) is 3.91. The summed E-state index contributed by atoms with van der Waals surface area (Å²) in [6, 6.07) is 11.3. The topological polar surface area (TPSA) is 99.3 Å². The van der Waals surface area contributed by atoms with Crippen LogP contribution in [-0.4, -0.2) is 37.8 Å². The zero-order valence-electron chi connectivity index (χ0n) is 13.1. The zero-order chi connectivity index (χ0) is 16.5. The van der Waals surface area contributed by atoms with Crippen molar-refractivity contribution in [1.29, 1.82) is 0 Å². The van der Waals surface area contributed by atoms with Gasteiger partial charge >= 0.3 is 0 Å². The number of amides is 1. The molecule has 0 bridgehead atoms. The molecule has 0 atom stereocenters. The van der Waals surface area contributed by atoms with Crippen LogP contribution >= 0.6 is 0 Å². The Labute approximate surface area is 137 Å². The molecule has 0 saturated heterocycles. The minimum Gasteiger partial charge on any atom is -0.352 e. The second-order valence-electron chi connectivity index (χ2n) is 5.74. The molecule has 0 aliphatic carbocycles. The highest BCUT2D eigenvalue weighted by atomic mass is 16.1. The number of nitrogens with zero attached hydrogens (tertiary/aromatic N) is 3. The van der Waals surface area contributed by atoms with E-state index in [1.54, 1.807) is 18.2 Å². The number of aromatic amines is 2. The third kappa shape index (κ3) is 2.71. The minimum absolute atomic E-state index is 0.133. The maximum atomic E-state index is 12.2. The molecule has 0 saturated carbocycles. The Bertz CT molecular complexity index is 1030. The van der Waals surface area contributed by atoms with Gasteiger partial charge in [-0.3, -0.25) is 4.79 Å². The van der Waals surface area contributed by atoms with Crippen molar-refractivity contribution in [3.8, 4) is 0 Å². The Kier molecular flexibility index (Phi) is 3.45. The van der Waals surface area contributed by atoms with Crippen LogP contribution < -0.4 is 5.32 Å². The van der Waals surface area contributed by atoms with E-state index in [1.807, 2.05) is 19.1 Å². The fraction of sp³-hybridized carbons (Fsp3) is 0.176. The minimum atomic E-state index is -0.133. The molecule has 2 heterocycles. The molecule has 0 unspecified atom stereocenters. The van der Waals surface area contributed by atoms with Crippen LogP contribution in [0.2, 0.25) is 0 Å². The summed E-state index contributed by atoms with van der Waals surface area (Å²) < 4.78 is 0. The molecule has 24 heavy (non-hydrogen) atoms. The number of hydrogen-bond acceptors (Lipinski definition) is 4. The van der Waals surface area contributed by atoms with Gasteiger partial charge in [0.15, 0.2) is 0 Å². The van der Waals surface area contributed by atoms with E-state index in [0.29, 0.717) is 24.0 Å². The van der Waals surface area contributed by atoms with E-state index in [4.69, 9.17) is 0 Å². The molecule has 2 aromatic heterocycles. The van der Waals surface area contributed by atoms with Crippen molar-refractivity contribution in [3.05, 3.63) is 53.3 Å². The van der Waals surface area contributed by atoms with Crippen molar-refractivity contribution < 1.29 is 4.79 Å². The molecule has 1 amide bonds. The summed E-state index contributed by atoms with van der Waals surface area (Å²) in [5, 5.41) is 13.4. The fourth-order valence-electron chi connectivity index (χ4n) is 2.67. The number of aromatic nitrogens is 5. The first-order chi connectivity index (χ1) is 11.7. The van der Waals surface area contributed by atoms with Crippen LogP contribution in [0, 0.1) is 6.92 Å². The zero-order valence-corrected chi connectivity index (χ0v) is 13.1. The second-order valence-corrected chi connectivity index (χ2v) is 5.74. The highest BCUT2D eigenvalue weighted by molar-refractivity contribution is 5.97. The van der Waals surface area contributed by atoms with Crippen LogP contribution in [0.1, 0.15) is 21.7 Å². The summed E-state index contributed by atoms with van der Waals surface area (Å²) >= 11 is 0. The molecule has 2 aromatic carbocycles. The van der Waals surface area contributed by atoms with Crippen molar-refractivity contribution >= 4 is 28.0 Å². The van der Waals surface area contributed by atoms with Crippen molar-refractivity contribution in [1.82, 2.24) is 30.7 Å². The number of carbonyl (C=O) groups is 1. The summed E-state index contributed by atoms with van der Waals surface area (Å²) in [4.78, 5) is 20.0. The van der Waals surface area contributed by atoms with Gasteiger partial charge in [0.25, 0.3) is 5.91 Å². The normalized spacial score (nSPS) is 11.2. The smallest absolute Gasteiger partial charge is 0.251 e. The van der Waals surface area contributed by atoms with Crippen molar-refractivity contribution in [3.63, 3.8) is 0 Å². The predicted molar refractivity (Wildman–Crippen MR) is 90.8 cm³/mol. The maximum Gasteiger partial charge on any atom is 0.251 e. The average molecular weight is 320 g/mol.